The van der Waals surface area contributed by atoms with Crippen LogP contribution in [0, 0.1) is 5.41 Å². The average molecular weight is 305 g/mol. The summed E-state index contributed by atoms with van der Waals surface area (Å²) in [6.07, 6.45) is 1.99. The normalized spacial score (nSPS) is 20.4. The van der Waals surface area contributed by atoms with Gasteiger partial charge in [0.25, 0.3) is 0 Å². The van der Waals surface area contributed by atoms with Crippen molar-refractivity contribution in [1.82, 2.24) is 5.06 Å². The molecule has 1 aromatic carbocycles. The van der Waals surface area contributed by atoms with Gasteiger partial charge in [-0.05, 0) is 44.2 Å². The van der Waals surface area contributed by atoms with Gasteiger partial charge < -0.3 is 9.94 Å². The summed E-state index contributed by atoms with van der Waals surface area (Å²) in [7, 11) is 0. The summed E-state index contributed by atoms with van der Waals surface area (Å²) in [5.41, 5.74) is -0.285. The number of aromatic carboxylic acids is 1. The van der Waals surface area contributed by atoms with E-state index in [1.54, 1.807) is 17.2 Å². The van der Waals surface area contributed by atoms with Gasteiger partial charge in [-0.15, -0.1) is 5.06 Å². The molecule has 0 spiro atoms. The van der Waals surface area contributed by atoms with Crippen LogP contribution in [0.5, 0.6) is 0 Å². The molecule has 0 saturated carbocycles. The molecule has 1 saturated heterocycles. The molecule has 0 bridgehead atoms. The quantitative estimate of drug-likeness (QED) is 0.927. The van der Waals surface area contributed by atoms with Crippen LogP contribution >= 0.6 is 0 Å². The summed E-state index contributed by atoms with van der Waals surface area (Å²) in [5.74, 6) is -1.76. The van der Waals surface area contributed by atoms with Crippen molar-refractivity contribution < 1.29 is 19.5 Å². The summed E-state index contributed by atoms with van der Waals surface area (Å²) >= 11 is 0. The summed E-state index contributed by atoms with van der Waals surface area (Å²) in [6.45, 7) is 9.04. The molecule has 0 atom stereocenters. The third kappa shape index (κ3) is 2.86. The maximum Gasteiger partial charge on any atom is 0.357 e. The first-order valence-electron chi connectivity index (χ1n) is 7.49. The van der Waals surface area contributed by atoms with Gasteiger partial charge in [-0.3, -0.25) is 0 Å². The zero-order valence-electron chi connectivity index (χ0n) is 13.5. The number of carbonyl (C=O) groups is 2. The fourth-order valence-corrected chi connectivity index (χ4v) is 2.74. The second kappa shape index (κ2) is 5.72. The summed E-state index contributed by atoms with van der Waals surface area (Å²) in [5, 5.41) is 10.9. The lowest BCUT2D eigenvalue weighted by atomic mass is 9.69. The van der Waals surface area contributed by atoms with E-state index in [4.69, 9.17) is 4.84 Å². The molecule has 0 unspecified atom stereocenters. The molecule has 1 aliphatic rings. The van der Waals surface area contributed by atoms with Crippen molar-refractivity contribution in [3.63, 3.8) is 0 Å². The molecule has 5 heteroatoms. The molecule has 0 aliphatic carbocycles. The minimum atomic E-state index is -1.13. The van der Waals surface area contributed by atoms with Crippen LogP contribution in [0.15, 0.2) is 24.3 Å². The Morgan fingerprint density at radius 3 is 2.32 bits per heavy atom. The Hall–Kier alpha value is -1.88. The van der Waals surface area contributed by atoms with Gasteiger partial charge in [-0.1, -0.05) is 26.0 Å². The van der Waals surface area contributed by atoms with Gasteiger partial charge in [0.15, 0.2) is 0 Å². The van der Waals surface area contributed by atoms with Gasteiger partial charge in [0.2, 0.25) is 0 Å². The predicted molar refractivity (Wildman–Crippen MR) is 82.6 cm³/mol. The van der Waals surface area contributed by atoms with Crippen LogP contribution in [0.2, 0.25) is 0 Å². The monoisotopic (exact) mass is 305 g/mol. The molecule has 120 valence electrons. The molecule has 1 N–H and O–H groups in total. The number of nitrogens with zero attached hydrogens (tertiary/aromatic N) is 1. The Balaban J connectivity index is 2.24. The highest BCUT2D eigenvalue weighted by atomic mass is 16.7. The minimum Gasteiger partial charge on any atom is -0.478 e. The van der Waals surface area contributed by atoms with Crippen molar-refractivity contribution in [3.8, 4) is 0 Å². The maximum absolute atomic E-state index is 12.4. The molecule has 1 fully saturated rings. The number of carbonyl (C=O) groups excluding carboxylic acids is 1. The van der Waals surface area contributed by atoms with E-state index in [1.165, 1.54) is 12.1 Å². The van der Waals surface area contributed by atoms with Crippen LogP contribution in [-0.4, -0.2) is 34.2 Å². The molecule has 0 amide bonds. The number of carboxylic acid groups (broad SMARTS) is 1. The molecule has 1 heterocycles. The zero-order valence-corrected chi connectivity index (χ0v) is 13.5. The zero-order chi connectivity index (χ0) is 16.5. The number of hydrogen-bond donors (Lipinski definition) is 1. The van der Waals surface area contributed by atoms with Gasteiger partial charge in [0.05, 0.1) is 16.7 Å². The molecular weight excluding hydrogens is 282 g/mol. The highest BCUT2D eigenvalue weighted by Gasteiger charge is 2.46. The van der Waals surface area contributed by atoms with E-state index >= 15 is 0 Å². The lowest BCUT2D eigenvalue weighted by Crippen LogP contribution is -2.57. The van der Waals surface area contributed by atoms with E-state index in [-0.39, 0.29) is 22.1 Å². The first-order chi connectivity index (χ1) is 10.2. The van der Waals surface area contributed by atoms with Crippen LogP contribution in [0.4, 0.5) is 0 Å². The van der Waals surface area contributed by atoms with Crippen LogP contribution in [0.25, 0.3) is 0 Å². The molecule has 2 rings (SSSR count). The van der Waals surface area contributed by atoms with Gasteiger partial charge in [0, 0.05) is 6.54 Å². The van der Waals surface area contributed by atoms with Crippen LogP contribution in [0.3, 0.4) is 0 Å². The number of benzene rings is 1. The lowest BCUT2D eigenvalue weighted by molar-refractivity contribution is -0.218. The summed E-state index contributed by atoms with van der Waals surface area (Å²) < 4.78 is 0. The Morgan fingerprint density at radius 1 is 1.14 bits per heavy atom. The third-order valence-electron chi connectivity index (χ3n) is 5.01. The van der Waals surface area contributed by atoms with Gasteiger partial charge in [-0.2, -0.15) is 0 Å². The average Bonchev–Trinajstić information content (AvgIpc) is 2.44. The molecular formula is C17H23NO4. The van der Waals surface area contributed by atoms with E-state index in [1.807, 2.05) is 13.8 Å². The van der Waals surface area contributed by atoms with Crippen LogP contribution in [0.1, 0.15) is 61.3 Å². The number of piperidine rings is 1. The van der Waals surface area contributed by atoms with E-state index in [0.717, 1.165) is 12.8 Å². The number of hydroxylamine groups is 2. The van der Waals surface area contributed by atoms with E-state index < -0.39 is 11.9 Å². The van der Waals surface area contributed by atoms with Crippen molar-refractivity contribution in [2.45, 2.75) is 46.1 Å². The lowest BCUT2D eigenvalue weighted by Gasteiger charge is -2.51. The van der Waals surface area contributed by atoms with E-state index in [0.29, 0.717) is 6.54 Å². The van der Waals surface area contributed by atoms with Crippen molar-refractivity contribution >= 4 is 11.9 Å². The fourth-order valence-electron chi connectivity index (χ4n) is 2.74. The van der Waals surface area contributed by atoms with E-state index in [2.05, 4.69) is 13.8 Å². The third-order valence-corrected chi connectivity index (χ3v) is 5.01. The first kappa shape index (κ1) is 16.5. The largest absolute Gasteiger partial charge is 0.478 e. The molecule has 0 radical (unpaired) electrons. The molecule has 0 aromatic heterocycles. The first-order valence-corrected chi connectivity index (χ1v) is 7.49. The highest BCUT2D eigenvalue weighted by Crippen LogP contribution is 2.43. The topological polar surface area (TPSA) is 66.8 Å². The second-order valence-corrected chi connectivity index (χ2v) is 6.88. The number of carboxylic acids is 1. The Bertz CT molecular complexity index is 592. The molecule has 5 nitrogen and oxygen atoms in total. The van der Waals surface area contributed by atoms with Gasteiger partial charge in [-0.25, -0.2) is 9.59 Å². The smallest absolute Gasteiger partial charge is 0.357 e. The minimum absolute atomic E-state index is 0.00214. The Labute approximate surface area is 130 Å². The Morgan fingerprint density at radius 2 is 1.73 bits per heavy atom. The second-order valence-electron chi connectivity index (χ2n) is 6.88. The predicted octanol–water partition coefficient (Wildman–Crippen LogP) is 3.36. The molecule has 22 heavy (non-hydrogen) atoms. The molecule has 1 aliphatic heterocycles. The van der Waals surface area contributed by atoms with Crippen molar-refractivity contribution in [2.75, 3.05) is 6.54 Å². The SMILES string of the molecule is CC1(C)CCCN(OC(=O)c2ccccc2C(=O)O)C1(C)C. The standard InChI is InChI=1S/C17H23NO4/c1-16(2)10-7-11-18(17(16,3)4)22-15(21)13-9-6-5-8-12(13)14(19)20/h5-6,8-9H,7,10-11H2,1-4H3,(H,19,20). The van der Waals surface area contributed by atoms with Crippen LogP contribution in [-0.2, 0) is 4.84 Å². The van der Waals surface area contributed by atoms with Gasteiger partial charge >= 0.3 is 11.9 Å². The summed E-state index contributed by atoms with van der Waals surface area (Å²) in [6, 6.07) is 6.11. The maximum atomic E-state index is 12.4. The highest BCUT2D eigenvalue weighted by molar-refractivity contribution is 6.02. The number of hydrogen-bond acceptors (Lipinski definition) is 4. The van der Waals surface area contributed by atoms with Gasteiger partial charge in [0.1, 0.15) is 0 Å². The van der Waals surface area contributed by atoms with Crippen molar-refractivity contribution in [3.05, 3.63) is 35.4 Å². The van der Waals surface area contributed by atoms with Crippen molar-refractivity contribution in [1.29, 1.82) is 0 Å². The molecule has 1 aromatic rings. The van der Waals surface area contributed by atoms with E-state index in [9.17, 15) is 14.7 Å². The Kier molecular flexibility index (Phi) is 4.29. The fraction of sp³-hybridized carbons (Fsp3) is 0.529. The number of rotatable bonds is 3. The summed E-state index contributed by atoms with van der Waals surface area (Å²) in [4.78, 5) is 29.2. The van der Waals surface area contributed by atoms with Crippen LogP contribution < -0.4 is 0 Å². The van der Waals surface area contributed by atoms with Crippen molar-refractivity contribution in [2.24, 2.45) is 5.41 Å².